The molecule has 5 fully saturated rings. The number of hydrogen-bond donors (Lipinski definition) is 0. The second-order valence-electron chi connectivity index (χ2n) is 12.4. The number of carbonyl (C=O) groups is 1. The summed E-state index contributed by atoms with van der Waals surface area (Å²) in [6.45, 7) is 4.00. The van der Waals surface area contributed by atoms with Crippen molar-refractivity contribution in [1.82, 2.24) is 0 Å². The summed E-state index contributed by atoms with van der Waals surface area (Å²) in [6, 6.07) is 7.96. The third-order valence-corrected chi connectivity index (χ3v) is 10.0. The Hall–Kier alpha value is -1.36. The number of carbonyl (C=O) groups excluding carboxylic acids is 1. The minimum atomic E-state index is -1.13. The number of ether oxygens (including phenoxy) is 6. The molecule has 8 nitrogen and oxygen atoms in total. The Morgan fingerprint density at radius 1 is 0.950 bits per heavy atom. The molecule has 9 heteroatoms. The van der Waals surface area contributed by atoms with Gasteiger partial charge in [-0.1, -0.05) is 54.8 Å². The zero-order valence-corrected chi connectivity index (χ0v) is 25.4. The summed E-state index contributed by atoms with van der Waals surface area (Å²) in [5.74, 6) is -1.75. The third kappa shape index (κ3) is 5.31. The summed E-state index contributed by atoms with van der Waals surface area (Å²) >= 11 is 3.50. The molecular formula is C31H42BrNO7. The molecule has 3 saturated heterocycles. The highest BCUT2D eigenvalue weighted by Gasteiger charge is 2.63. The number of hydrogen-bond acceptors (Lipinski definition) is 8. The van der Waals surface area contributed by atoms with Crippen molar-refractivity contribution in [2.75, 3.05) is 7.11 Å². The number of fused-ring (bicyclic) bond motifs is 3. The van der Waals surface area contributed by atoms with Crippen LogP contribution in [0.15, 0.2) is 33.7 Å². The summed E-state index contributed by atoms with van der Waals surface area (Å²) in [5.41, 5.74) is -0.131. The molecule has 2 aliphatic carbocycles. The number of nitrogens with zero attached hydrogens (tertiary/aromatic N) is 1. The quantitative estimate of drug-likeness (QED) is 0.290. The third-order valence-electron chi connectivity index (χ3n) is 9.48. The first kappa shape index (κ1) is 28.7. The molecule has 220 valence electrons. The maximum atomic E-state index is 13.4. The van der Waals surface area contributed by atoms with Crippen molar-refractivity contribution in [2.24, 2.45) is 10.9 Å². The fraction of sp³-hybridized carbons (Fsp3) is 0.742. The van der Waals surface area contributed by atoms with E-state index in [4.69, 9.17) is 33.4 Å². The summed E-state index contributed by atoms with van der Waals surface area (Å²) in [5, 5.41) is 0. The molecule has 3 aliphatic heterocycles. The van der Waals surface area contributed by atoms with Crippen molar-refractivity contribution in [2.45, 2.75) is 132 Å². The van der Waals surface area contributed by atoms with E-state index >= 15 is 0 Å². The minimum Gasteiger partial charge on any atom is -0.467 e. The normalized spacial score (nSPS) is 34.2. The van der Waals surface area contributed by atoms with Crippen molar-refractivity contribution >= 4 is 28.1 Å². The maximum Gasteiger partial charge on any atom is 0.334 e. The number of aliphatic imine (C=N–C) groups is 1. The van der Waals surface area contributed by atoms with Gasteiger partial charge in [-0.2, -0.15) is 0 Å². The van der Waals surface area contributed by atoms with E-state index in [9.17, 15) is 4.79 Å². The molecule has 0 unspecified atom stereocenters. The van der Waals surface area contributed by atoms with E-state index in [0.717, 1.165) is 61.4 Å². The van der Waals surface area contributed by atoms with Crippen molar-refractivity contribution in [3.05, 3.63) is 34.3 Å². The van der Waals surface area contributed by atoms with Gasteiger partial charge in [-0.05, 0) is 49.3 Å². The van der Waals surface area contributed by atoms with Crippen LogP contribution in [0, 0.1) is 5.92 Å². The van der Waals surface area contributed by atoms with Crippen LogP contribution in [0.25, 0.3) is 0 Å². The molecule has 0 amide bonds. The van der Waals surface area contributed by atoms with Gasteiger partial charge in [0.1, 0.15) is 24.4 Å². The van der Waals surface area contributed by atoms with Gasteiger partial charge in [0.25, 0.3) is 0 Å². The average Bonchev–Trinajstić information content (AvgIpc) is 3.50. The lowest BCUT2D eigenvalue weighted by Crippen LogP contribution is -2.56. The predicted molar refractivity (Wildman–Crippen MR) is 152 cm³/mol. The van der Waals surface area contributed by atoms with Crippen LogP contribution in [0.1, 0.15) is 83.6 Å². The first-order valence-corrected chi connectivity index (χ1v) is 15.8. The summed E-state index contributed by atoms with van der Waals surface area (Å²) in [6.07, 6.45) is 10.0. The van der Waals surface area contributed by atoms with Gasteiger partial charge in [-0.15, -0.1) is 0 Å². The molecule has 0 bridgehead atoms. The van der Waals surface area contributed by atoms with Crippen LogP contribution >= 0.6 is 15.9 Å². The Labute approximate surface area is 245 Å². The predicted octanol–water partition coefficient (Wildman–Crippen LogP) is 5.88. The van der Waals surface area contributed by atoms with E-state index < -0.39 is 35.6 Å². The largest absolute Gasteiger partial charge is 0.467 e. The Kier molecular flexibility index (Phi) is 8.18. The van der Waals surface area contributed by atoms with E-state index in [2.05, 4.69) is 15.9 Å². The summed E-state index contributed by atoms with van der Waals surface area (Å²) in [7, 11) is 1.42. The highest BCUT2D eigenvalue weighted by atomic mass is 79.9. The smallest absolute Gasteiger partial charge is 0.334 e. The van der Waals surface area contributed by atoms with Gasteiger partial charge < -0.3 is 28.4 Å². The maximum absolute atomic E-state index is 13.4. The van der Waals surface area contributed by atoms with Gasteiger partial charge >= 0.3 is 5.97 Å². The molecule has 6 rings (SSSR count). The number of rotatable bonds is 6. The van der Waals surface area contributed by atoms with Crippen molar-refractivity contribution < 1.29 is 33.2 Å². The van der Waals surface area contributed by atoms with Crippen LogP contribution in [0.3, 0.4) is 0 Å². The highest BCUT2D eigenvalue weighted by Crippen LogP contribution is 2.50. The van der Waals surface area contributed by atoms with Crippen molar-refractivity contribution in [3.63, 3.8) is 0 Å². The molecule has 2 spiro atoms. The van der Waals surface area contributed by atoms with E-state index in [1.807, 2.05) is 38.1 Å². The van der Waals surface area contributed by atoms with E-state index in [1.165, 1.54) is 20.0 Å². The molecular weight excluding hydrogens is 578 g/mol. The molecule has 2 saturated carbocycles. The van der Waals surface area contributed by atoms with Crippen LogP contribution in [0.5, 0.6) is 0 Å². The molecule has 0 N–H and O–H groups in total. The zero-order chi connectivity index (χ0) is 28.0. The van der Waals surface area contributed by atoms with Crippen molar-refractivity contribution in [3.8, 4) is 0 Å². The monoisotopic (exact) mass is 619 g/mol. The Morgan fingerprint density at radius 3 is 2.12 bits per heavy atom. The van der Waals surface area contributed by atoms with E-state index in [1.54, 1.807) is 6.21 Å². The Morgan fingerprint density at radius 2 is 1.52 bits per heavy atom. The van der Waals surface area contributed by atoms with Gasteiger partial charge in [0.15, 0.2) is 23.4 Å². The van der Waals surface area contributed by atoms with E-state index in [-0.39, 0.29) is 24.1 Å². The lowest BCUT2D eigenvalue weighted by Gasteiger charge is -2.37. The average molecular weight is 621 g/mol. The molecule has 0 aromatic heterocycles. The number of halogens is 1. The van der Waals surface area contributed by atoms with Crippen LogP contribution < -0.4 is 0 Å². The van der Waals surface area contributed by atoms with Gasteiger partial charge in [0.05, 0.1) is 7.11 Å². The Bertz CT molecular complexity index is 1080. The SMILES string of the molecule is COC(=O)[C@@](Cc1ccc(Br)cc1)(N=C[C@H]1O[C@@H]2OC3(CCCCC3)O[C@@H]2[C@H]2OC3(CCCCC3)O[C@H]21)C(C)C. The zero-order valence-electron chi connectivity index (χ0n) is 23.8. The van der Waals surface area contributed by atoms with Gasteiger partial charge in [-0.25, -0.2) is 4.79 Å². The lowest BCUT2D eigenvalue weighted by atomic mass is 9.81. The number of benzene rings is 1. The Balaban J connectivity index is 1.32. The topological polar surface area (TPSA) is 84.8 Å². The fourth-order valence-corrected chi connectivity index (χ4v) is 7.43. The summed E-state index contributed by atoms with van der Waals surface area (Å²) < 4.78 is 39.6. The summed E-state index contributed by atoms with van der Waals surface area (Å²) in [4.78, 5) is 18.4. The molecule has 0 radical (unpaired) electrons. The lowest BCUT2D eigenvalue weighted by molar-refractivity contribution is -0.240. The second-order valence-corrected chi connectivity index (χ2v) is 13.3. The second kappa shape index (κ2) is 11.4. The van der Waals surface area contributed by atoms with Crippen LogP contribution in [-0.4, -0.2) is 67.1 Å². The standard InChI is InChI=1S/C31H42BrNO7/c1-20(2)31(28(34)35-3,18-21-10-12-22(32)13-11-21)33-19-23-24-25(38-29(37-24)14-6-4-7-15-29)26-27(36-23)40-30(39-26)16-8-5-9-17-30/h10-13,19-20,23-27H,4-9,14-18H2,1-3H3/t23-,24+,25+,26-,27-,31+/m1/s1. The van der Waals surface area contributed by atoms with Gasteiger partial charge in [-0.3, -0.25) is 4.99 Å². The highest BCUT2D eigenvalue weighted by molar-refractivity contribution is 9.10. The van der Waals surface area contributed by atoms with Crippen LogP contribution in [0.2, 0.25) is 0 Å². The minimum absolute atomic E-state index is 0.131. The van der Waals surface area contributed by atoms with E-state index in [0.29, 0.717) is 6.42 Å². The molecule has 1 aromatic rings. The molecule has 6 atom stereocenters. The molecule has 40 heavy (non-hydrogen) atoms. The number of methoxy groups -OCH3 is 1. The van der Waals surface area contributed by atoms with Gasteiger partial charge in [0, 0.05) is 42.8 Å². The number of esters is 1. The van der Waals surface area contributed by atoms with Crippen LogP contribution in [-0.2, 0) is 39.6 Å². The van der Waals surface area contributed by atoms with Gasteiger partial charge in [0.2, 0.25) is 0 Å². The first-order chi connectivity index (χ1) is 19.3. The molecule has 3 heterocycles. The molecule has 5 aliphatic rings. The first-order valence-electron chi connectivity index (χ1n) is 15.0. The fourth-order valence-electron chi connectivity index (χ4n) is 7.16. The molecule has 1 aromatic carbocycles. The van der Waals surface area contributed by atoms with Crippen molar-refractivity contribution in [1.29, 1.82) is 0 Å². The van der Waals surface area contributed by atoms with Crippen LogP contribution in [0.4, 0.5) is 0 Å².